The molecule has 0 atom stereocenters. The van der Waals surface area contributed by atoms with Crippen molar-refractivity contribution in [3.63, 3.8) is 0 Å². The first kappa shape index (κ1) is 23.3. The Bertz CT molecular complexity index is 129. The second-order valence-corrected chi connectivity index (χ2v) is 3.08. The van der Waals surface area contributed by atoms with E-state index in [-0.39, 0.29) is 35.6 Å². The summed E-state index contributed by atoms with van der Waals surface area (Å²) in [5.74, 6) is 0. The van der Waals surface area contributed by atoms with E-state index in [1.807, 2.05) is 0 Å². The van der Waals surface area contributed by atoms with Gasteiger partial charge < -0.3 is 29.4 Å². The maximum absolute atomic E-state index is 8.88. The molecule has 8 nitrogen and oxygen atoms in total. The van der Waals surface area contributed by atoms with E-state index in [2.05, 4.69) is 0 Å². The molecule has 0 aromatic rings. The van der Waals surface area contributed by atoms with E-state index >= 15 is 0 Å². The predicted octanol–water partition coefficient (Wildman–Crippen LogP) is -2.51. The Morgan fingerprint density at radius 3 is 0.667 bits per heavy atom. The number of phosphoric acid groups is 2. The van der Waals surface area contributed by atoms with Crippen LogP contribution in [0.1, 0.15) is 0 Å². The Labute approximate surface area is 89.9 Å². The molecule has 0 heterocycles. The molecule has 1 radical (unpaired) electrons. The van der Waals surface area contributed by atoms with Gasteiger partial charge in [0.2, 0.25) is 0 Å². The van der Waals surface area contributed by atoms with Gasteiger partial charge in [0.05, 0.1) is 0 Å². The van der Waals surface area contributed by atoms with Crippen molar-refractivity contribution in [3.8, 4) is 0 Å². The molecule has 0 fully saturated rings. The summed E-state index contributed by atoms with van der Waals surface area (Å²) in [5.41, 5.74) is 0. The summed E-state index contributed by atoms with van der Waals surface area (Å²) in [6, 6.07) is 0. The third-order valence-electron chi connectivity index (χ3n) is 0. The van der Waals surface area contributed by atoms with Crippen molar-refractivity contribution >= 4 is 34.5 Å². The molecule has 0 aliphatic rings. The summed E-state index contributed by atoms with van der Waals surface area (Å²) in [7, 11) is -9.28. The van der Waals surface area contributed by atoms with Crippen LogP contribution in [0, 0.1) is 0 Å². The molecule has 0 aromatic carbocycles. The van der Waals surface area contributed by atoms with E-state index in [9.17, 15) is 0 Å². The van der Waals surface area contributed by atoms with Crippen molar-refractivity contribution < 1.29 is 55.3 Å². The second kappa shape index (κ2) is 8.90. The Balaban J connectivity index is -0.0000000457. The number of hydrogen-bond donors (Lipinski definition) is 6. The van der Waals surface area contributed by atoms with Crippen molar-refractivity contribution in [3.05, 3.63) is 0 Å². The molecule has 12 heteroatoms. The minimum absolute atomic E-state index is 0. The van der Waals surface area contributed by atoms with Gasteiger partial charge in [-0.25, -0.2) is 9.13 Å². The molecule has 75 valence electrons. The molecule has 12 heavy (non-hydrogen) atoms. The van der Waals surface area contributed by atoms with Gasteiger partial charge in [-0.1, -0.05) is 0 Å². The van der Waals surface area contributed by atoms with Gasteiger partial charge in [-0.15, -0.1) is 0 Å². The Kier molecular flexibility index (Phi) is 17.3. The molecular formula is H7CoLiO8P2. The molecule has 0 rings (SSSR count). The summed E-state index contributed by atoms with van der Waals surface area (Å²) in [4.78, 5) is 43.1. The SMILES string of the molecule is O=P(O)(O)O.O=P(O)(O)O.[Co].[LiH]. The van der Waals surface area contributed by atoms with E-state index in [0.29, 0.717) is 0 Å². The molecule has 0 bridgehead atoms. The van der Waals surface area contributed by atoms with Gasteiger partial charge in [0.15, 0.2) is 0 Å². The van der Waals surface area contributed by atoms with E-state index in [0.717, 1.165) is 0 Å². The Morgan fingerprint density at radius 2 is 0.667 bits per heavy atom. The van der Waals surface area contributed by atoms with Gasteiger partial charge in [-0.2, -0.15) is 0 Å². The monoisotopic (exact) mass is 263 g/mol. The van der Waals surface area contributed by atoms with Crippen molar-refractivity contribution in [1.29, 1.82) is 0 Å². The zero-order valence-corrected chi connectivity index (χ0v) is 7.56. The van der Waals surface area contributed by atoms with Crippen molar-refractivity contribution in [2.45, 2.75) is 0 Å². The molecule has 0 aromatic heterocycles. The van der Waals surface area contributed by atoms with E-state index in [1.165, 1.54) is 0 Å². The zero-order chi connectivity index (χ0) is 9.00. The Hall–Kier alpha value is 1.32. The molecular weight excluding hydrogens is 256 g/mol. The van der Waals surface area contributed by atoms with Crippen molar-refractivity contribution in [1.82, 2.24) is 0 Å². The van der Waals surface area contributed by atoms with Gasteiger partial charge in [-0.3, -0.25) is 0 Å². The van der Waals surface area contributed by atoms with Crippen LogP contribution in [-0.2, 0) is 25.9 Å². The van der Waals surface area contributed by atoms with Crippen LogP contribution in [0.25, 0.3) is 0 Å². The number of hydrogen-bond acceptors (Lipinski definition) is 2. The summed E-state index contributed by atoms with van der Waals surface area (Å²) in [6.45, 7) is 0. The molecule has 0 saturated carbocycles. The maximum atomic E-state index is 8.88. The van der Waals surface area contributed by atoms with Crippen molar-refractivity contribution in [2.24, 2.45) is 0 Å². The second-order valence-electron chi connectivity index (χ2n) is 1.03. The molecule has 0 saturated heterocycles. The van der Waals surface area contributed by atoms with Crippen LogP contribution < -0.4 is 0 Å². The Morgan fingerprint density at radius 1 is 0.667 bits per heavy atom. The van der Waals surface area contributed by atoms with Gasteiger partial charge in [-0.05, 0) is 0 Å². The quantitative estimate of drug-likeness (QED) is 0.207. The molecule has 0 unspecified atom stereocenters. The molecule has 0 aliphatic carbocycles. The summed E-state index contributed by atoms with van der Waals surface area (Å²) >= 11 is 0. The molecule has 0 aliphatic heterocycles. The van der Waals surface area contributed by atoms with Crippen LogP contribution in [0.3, 0.4) is 0 Å². The third-order valence-corrected chi connectivity index (χ3v) is 0. The van der Waals surface area contributed by atoms with E-state index < -0.39 is 15.6 Å². The normalized spacial score (nSPS) is 9.83. The van der Waals surface area contributed by atoms with Crippen LogP contribution in [0.2, 0.25) is 0 Å². The first-order valence-electron chi connectivity index (χ1n) is 1.57. The van der Waals surface area contributed by atoms with E-state index in [4.69, 9.17) is 38.5 Å². The zero-order valence-electron chi connectivity index (χ0n) is 4.73. The molecule has 0 spiro atoms. The van der Waals surface area contributed by atoms with Crippen LogP contribution in [-0.4, -0.2) is 48.2 Å². The fourth-order valence-electron chi connectivity index (χ4n) is 0. The first-order valence-corrected chi connectivity index (χ1v) is 4.70. The standard InChI is InChI=1S/Co.Li.2H3O4P.H/c;;2*1-5(2,3)4;/h;;2*(H3,1,2,3,4);. The summed E-state index contributed by atoms with van der Waals surface area (Å²) in [5, 5.41) is 0. The first-order chi connectivity index (χ1) is 4.00. The van der Waals surface area contributed by atoms with Crippen LogP contribution in [0.15, 0.2) is 0 Å². The van der Waals surface area contributed by atoms with E-state index in [1.54, 1.807) is 0 Å². The number of rotatable bonds is 0. The fourth-order valence-corrected chi connectivity index (χ4v) is 0. The molecule has 6 N–H and O–H groups in total. The van der Waals surface area contributed by atoms with Crippen LogP contribution in [0.5, 0.6) is 0 Å². The van der Waals surface area contributed by atoms with Gasteiger partial charge in [0.25, 0.3) is 0 Å². The summed E-state index contributed by atoms with van der Waals surface area (Å²) in [6.07, 6.45) is 0. The molecule has 0 amide bonds. The van der Waals surface area contributed by atoms with Crippen LogP contribution in [0.4, 0.5) is 0 Å². The van der Waals surface area contributed by atoms with Crippen molar-refractivity contribution in [2.75, 3.05) is 0 Å². The van der Waals surface area contributed by atoms with Gasteiger partial charge >= 0.3 is 34.5 Å². The topological polar surface area (TPSA) is 156 Å². The average Bonchev–Trinajstić information content (AvgIpc) is 1.12. The minimum atomic E-state index is -4.64. The van der Waals surface area contributed by atoms with Crippen LogP contribution >= 0.6 is 15.6 Å². The summed E-state index contributed by atoms with van der Waals surface area (Å²) < 4.78 is 17.8. The fraction of sp³-hybridized carbons (Fsp3) is 0. The third kappa shape index (κ3) is 689. The average molecular weight is 263 g/mol. The van der Waals surface area contributed by atoms with Gasteiger partial charge in [0, 0.05) is 16.8 Å². The predicted molar refractivity (Wildman–Crippen MR) is 35.7 cm³/mol. The van der Waals surface area contributed by atoms with Gasteiger partial charge in [0.1, 0.15) is 0 Å².